The number of likely N-dealkylation sites (tertiary alicyclic amines) is 1. The van der Waals surface area contributed by atoms with Crippen LogP contribution in [0.2, 0.25) is 0 Å². The number of carbonyl (C=O) groups is 1. The zero-order valence-corrected chi connectivity index (χ0v) is 13.0. The first-order valence-corrected chi connectivity index (χ1v) is 7.39. The van der Waals surface area contributed by atoms with Crippen molar-refractivity contribution >= 4 is 21.8 Å². The highest BCUT2D eigenvalue weighted by Crippen LogP contribution is 2.31. The summed E-state index contributed by atoms with van der Waals surface area (Å²) in [5, 5.41) is 0. The second-order valence-electron chi connectivity index (χ2n) is 5.94. The van der Waals surface area contributed by atoms with Crippen molar-refractivity contribution in [1.82, 2.24) is 4.90 Å². The standard InChI is InChI=1S/C15H19BrFNO/c1-15(2)7-6-13(19)18(9-8-15)10-11-4-3-5-12(17)14(11)16/h3-5H,6-10H2,1-2H3. The topological polar surface area (TPSA) is 20.3 Å². The third-order valence-corrected chi connectivity index (χ3v) is 4.71. The second-order valence-corrected chi connectivity index (χ2v) is 6.74. The first-order valence-electron chi connectivity index (χ1n) is 6.60. The highest BCUT2D eigenvalue weighted by molar-refractivity contribution is 9.10. The molecule has 4 heteroatoms. The molecule has 1 aromatic rings. The Balaban J connectivity index is 2.14. The van der Waals surface area contributed by atoms with Crippen LogP contribution in [0.1, 0.15) is 38.7 Å². The van der Waals surface area contributed by atoms with Gasteiger partial charge in [0, 0.05) is 19.5 Å². The van der Waals surface area contributed by atoms with Crippen molar-refractivity contribution in [2.75, 3.05) is 6.54 Å². The molecular weight excluding hydrogens is 309 g/mol. The minimum Gasteiger partial charge on any atom is -0.338 e. The molecule has 1 amide bonds. The van der Waals surface area contributed by atoms with Gasteiger partial charge in [-0.05, 0) is 45.8 Å². The predicted molar refractivity (Wildman–Crippen MR) is 77.1 cm³/mol. The van der Waals surface area contributed by atoms with Gasteiger partial charge in [0.05, 0.1) is 4.47 Å². The molecule has 0 aromatic heterocycles. The van der Waals surface area contributed by atoms with E-state index >= 15 is 0 Å². The van der Waals surface area contributed by atoms with Crippen LogP contribution in [0.4, 0.5) is 4.39 Å². The molecule has 0 N–H and O–H groups in total. The van der Waals surface area contributed by atoms with Crippen LogP contribution in [0.15, 0.2) is 22.7 Å². The van der Waals surface area contributed by atoms with Crippen LogP contribution in [0.5, 0.6) is 0 Å². The highest BCUT2D eigenvalue weighted by Gasteiger charge is 2.27. The van der Waals surface area contributed by atoms with Crippen LogP contribution in [0.3, 0.4) is 0 Å². The number of rotatable bonds is 2. The van der Waals surface area contributed by atoms with E-state index in [0.29, 0.717) is 17.4 Å². The molecule has 0 atom stereocenters. The summed E-state index contributed by atoms with van der Waals surface area (Å²) in [6.07, 6.45) is 2.50. The van der Waals surface area contributed by atoms with Gasteiger partial charge in [0.1, 0.15) is 5.82 Å². The van der Waals surface area contributed by atoms with Crippen LogP contribution in [-0.4, -0.2) is 17.4 Å². The normalized spacial score (nSPS) is 19.4. The fraction of sp³-hybridized carbons (Fsp3) is 0.533. The molecule has 1 aliphatic rings. The summed E-state index contributed by atoms with van der Waals surface area (Å²) in [7, 11) is 0. The van der Waals surface area contributed by atoms with Crippen molar-refractivity contribution in [3.05, 3.63) is 34.1 Å². The van der Waals surface area contributed by atoms with Crippen molar-refractivity contribution < 1.29 is 9.18 Å². The lowest BCUT2D eigenvalue weighted by Crippen LogP contribution is -2.30. The number of benzene rings is 1. The Bertz CT molecular complexity index is 487. The Morgan fingerprint density at radius 2 is 2.11 bits per heavy atom. The van der Waals surface area contributed by atoms with Crippen LogP contribution >= 0.6 is 15.9 Å². The number of hydrogen-bond acceptors (Lipinski definition) is 1. The minimum absolute atomic E-state index is 0.168. The van der Waals surface area contributed by atoms with Gasteiger partial charge in [-0.15, -0.1) is 0 Å². The zero-order chi connectivity index (χ0) is 14.0. The number of hydrogen-bond donors (Lipinski definition) is 0. The Morgan fingerprint density at radius 3 is 2.84 bits per heavy atom. The minimum atomic E-state index is -0.278. The van der Waals surface area contributed by atoms with E-state index in [4.69, 9.17) is 0 Å². The zero-order valence-electron chi connectivity index (χ0n) is 11.4. The van der Waals surface area contributed by atoms with E-state index in [1.54, 1.807) is 6.07 Å². The van der Waals surface area contributed by atoms with Crippen LogP contribution < -0.4 is 0 Å². The largest absolute Gasteiger partial charge is 0.338 e. The summed E-state index contributed by atoms with van der Waals surface area (Å²) < 4.78 is 13.9. The molecule has 1 aliphatic heterocycles. The van der Waals surface area contributed by atoms with Crippen molar-refractivity contribution in [3.8, 4) is 0 Å². The van der Waals surface area contributed by atoms with Crippen LogP contribution in [0, 0.1) is 11.2 Å². The number of amides is 1. The molecule has 0 radical (unpaired) electrons. The molecule has 0 spiro atoms. The smallest absolute Gasteiger partial charge is 0.222 e. The molecule has 104 valence electrons. The average Bonchev–Trinajstić information content (AvgIpc) is 2.48. The summed E-state index contributed by atoms with van der Waals surface area (Å²) >= 11 is 3.26. The molecule has 0 unspecified atom stereocenters. The lowest BCUT2D eigenvalue weighted by molar-refractivity contribution is -0.131. The van der Waals surface area contributed by atoms with Crippen molar-refractivity contribution in [1.29, 1.82) is 0 Å². The van der Waals surface area contributed by atoms with E-state index in [1.807, 2.05) is 11.0 Å². The number of carbonyl (C=O) groups excluding carboxylic acids is 1. The van der Waals surface area contributed by atoms with Gasteiger partial charge in [0.15, 0.2) is 0 Å². The summed E-state index contributed by atoms with van der Waals surface area (Å²) in [6.45, 7) is 5.62. The van der Waals surface area contributed by atoms with Crippen molar-refractivity contribution in [3.63, 3.8) is 0 Å². The van der Waals surface area contributed by atoms with Gasteiger partial charge in [-0.25, -0.2) is 4.39 Å². The van der Waals surface area contributed by atoms with Gasteiger partial charge in [-0.1, -0.05) is 26.0 Å². The maximum Gasteiger partial charge on any atom is 0.222 e. The van der Waals surface area contributed by atoms with Crippen LogP contribution in [-0.2, 0) is 11.3 Å². The molecule has 0 saturated carbocycles. The van der Waals surface area contributed by atoms with Gasteiger partial charge in [-0.3, -0.25) is 4.79 Å². The molecule has 1 heterocycles. The van der Waals surface area contributed by atoms with E-state index in [9.17, 15) is 9.18 Å². The first-order chi connectivity index (χ1) is 8.89. The first kappa shape index (κ1) is 14.5. The maximum absolute atomic E-state index is 13.5. The predicted octanol–water partition coefficient (Wildman–Crippen LogP) is 4.13. The fourth-order valence-corrected chi connectivity index (χ4v) is 2.72. The van der Waals surface area contributed by atoms with E-state index < -0.39 is 0 Å². The molecule has 2 rings (SSSR count). The molecule has 1 saturated heterocycles. The van der Waals surface area contributed by atoms with Gasteiger partial charge in [0.2, 0.25) is 5.91 Å². The summed E-state index contributed by atoms with van der Waals surface area (Å²) in [4.78, 5) is 14.0. The van der Waals surface area contributed by atoms with Gasteiger partial charge in [-0.2, -0.15) is 0 Å². The third kappa shape index (κ3) is 3.56. The van der Waals surface area contributed by atoms with Gasteiger partial charge in [0.25, 0.3) is 0 Å². The van der Waals surface area contributed by atoms with E-state index in [0.717, 1.165) is 24.9 Å². The number of nitrogens with zero attached hydrogens (tertiary/aromatic N) is 1. The molecule has 1 fully saturated rings. The molecular formula is C15H19BrFNO. The molecule has 2 nitrogen and oxygen atoms in total. The Morgan fingerprint density at radius 1 is 1.37 bits per heavy atom. The fourth-order valence-electron chi connectivity index (χ4n) is 2.33. The molecule has 0 aliphatic carbocycles. The molecule has 1 aromatic carbocycles. The highest BCUT2D eigenvalue weighted by atomic mass is 79.9. The third-order valence-electron chi connectivity index (χ3n) is 3.82. The summed E-state index contributed by atoms with van der Waals surface area (Å²) in [5.41, 5.74) is 1.04. The molecule has 0 bridgehead atoms. The second kappa shape index (κ2) is 5.61. The SMILES string of the molecule is CC1(C)CCC(=O)N(Cc2cccc(F)c2Br)CC1. The van der Waals surface area contributed by atoms with Crippen molar-refractivity contribution in [2.45, 2.75) is 39.7 Å². The lowest BCUT2D eigenvalue weighted by Gasteiger charge is -2.24. The van der Waals surface area contributed by atoms with E-state index in [1.165, 1.54) is 6.07 Å². The summed E-state index contributed by atoms with van der Waals surface area (Å²) in [6, 6.07) is 4.96. The maximum atomic E-state index is 13.5. The average molecular weight is 328 g/mol. The van der Waals surface area contributed by atoms with Crippen molar-refractivity contribution in [2.24, 2.45) is 5.41 Å². The Labute approximate surface area is 122 Å². The van der Waals surface area contributed by atoms with Gasteiger partial charge < -0.3 is 4.90 Å². The van der Waals surface area contributed by atoms with E-state index in [2.05, 4.69) is 29.8 Å². The Hall–Kier alpha value is -0.900. The molecule has 19 heavy (non-hydrogen) atoms. The summed E-state index contributed by atoms with van der Waals surface area (Å²) in [5.74, 6) is -0.109. The Kier molecular flexibility index (Phi) is 4.29. The monoisotopic (exact) mass is 327 g/mol. The van der Waals surface area contributed by atoms with Crippen LogP contribution in [0.25, 0.3) is 0 Å². The van der Waals surface area contributed by atoms with E-state index in [-0.39, 0.29) is 17.1 Å². The van der Waals surface area contributed by atoms with Gasteiger partial charge >= 0.3 is 0 Å². The lowest BCUT2D eigenvalue weighted by atomic mass is 9.85. The number of halogens is 2. The quantitative estimate of drug-likeness (QED) is 0.799.